The van der Waals surface area contributed by atoms with Gasteiger partial charge in [-0.3, -0.25) is 0 Å². The van der Waals surface area contributed by atoms with Gasteiger partial charge in [0, 0.05) is 76.6 Å². The minimum Gasteiger partial charge on any atom is -0.398 e. The van der Waals surface area contributed by atoms with Crippen LogP contribution in [-0.2, 0) is 10.8 Å². The Labute approximate surface area is 234 Å². The van der Waals surface area contributed by atoms with Crippen molar-refractivity contribution >= 4 is 39.9 Å². The summed E-state index contributed by atoms with van der Waals surface area (Å²) in [6.07, 6.45) is 7.13. The number of nitrogen functional groups attached to an aromatic ring is 1. The molecule has 2 aromatic carbocycles. The van der Waals surface area contributed by atoms with Gasteiger partial charge in [0.05, 0.1) is 5.69 Å². The first-order valence-corrected chi connectivity index (χ1v) is 14.0. The third-order valence-corrected chi connectivity index (χ3v) is 9.03. The number of benzene rings is 2. The van der Waals surface area contributed by atoms with Gasteiger partial charge in [0.15, 0.2) is 0 Å². The molecule has 5 rings (SSSR count). The molecule has 0 aliphatic carbocycles. The highest BCUT2D eigenvalue weighted by Crippen LogP contribution is 2.51. The lowest BCUT2D eigenvalue weighted by atomic mass is 9.82. The lowest BCUT2D eigenvalue weighted by Gasteiger charge is -2.25. The second-order valence-corrected chi connectivity index (χ2v) is 12.1. The summed E-state index contributed by atoms with van der Waals surface area (Å²) in [5.74, 6) is 0.956. The first-order valence-electron chi connectivity index (χ1n) is 14.0. The maximum Gasteiger partial charge on any atom is 0.107 e. The van der Waals surface area contributed by atoms with Crippen molar-refractivity contribution in [3.8, 4) is 0 Å². The molecule has 3 aliphatic heterocycles. The van der Waals surface area contributed by atoms with Crippen LogP contribution in [-0.4, -0.2) is 19.9 Å². The number of hydrogen-bond acceptors (Lipinski definition) is 5. The molecule has 3 N–H and O–H groups in total. The quantitative estimate of drug-likeness (QED) is 0.391. The van der Waals surface area contributed by atoms with E-state index >= 15 is 0 Å². The largest absolute Gasteiger partial charge is 0.398 e. The van der Waals surface area contributed by atoms with E-state index < -0.39 is 0 Å². The maximum absolute atomic E-state index is 6.44. The van der Waals surface area contributed by atoms with Gasteiger partial charge in [-0.05, 0) is 60.7 Å². The molecule has 5 heteroatoms. The van der Waals surface area contributed by atoms with Crippen LogP contribution in [0.4, 0.5) is 22.7 Å². The molecule has 2 aromatic rings. The molecule has 0 bridgehead atoms. The van der Waals surface area contributed by atoms with Crippen LogP contribution in [0.1, 0.15) is 83.1 Å². The minimum atomic E-state index is -0.124. The Hall–Kier alpha value is -3.73. The van der Waals surface area contributed by atoms with Crippen LogP contribution in [0.25, 0.3) is 11.3 Å². The van der Waals surface area contributed by atoms with Crippen molar-refractivity contribution in [2.45, 2.75) is 71.6 Å². The van der Waals surface area contributed by atoms with E-state index in [0.29, 0.717) is 0 Å². The van der Waals surface area contributed by atoms with Gasteiger partial charge >= 0.3 is 0 Å². The van der Waals surface area contributed by atoms with E-state index in [9.17, 15) is 0 Å². The number of amidine groups is 1. The van der Waals surface area contributed by atoms with Crippen LogP contribution in [0, 0.1) is 0 Å². The maximum atomic E-state index is 6.44. The molecule has 39 heavy (non-hydrogen) atoms. The lowest BCUT2D eigenvalue weighted by molar-refractivity contribution is 0.635. The molecule has 0 atom stereocenters. The number of likely N-dealkylation sites (N-methyl/N-ethyl adjacent to an activating group) is 2. The SMILES string of the molecule is C=C(CC)c1cc2c(cc1N)N(C)/C(=C\CCC1=Nc3cc4c(cc3C(=C)N1)C(C)(C)C(=CC)N4C)C2(C)C. The molecular formula is C34H43N5. The Bertz CT molecular complexity index is 1500. The Kier molecular flexibility index (Phi) is 6.32. The van der Waals surface area contributed by atoms with Gasteiger partial charge in [-0.15, -0.1) is 0 Å². The normalized spacial score (nSPS) is 20.6. The second kappa shape index (κ2) is 9.18. The number of aliphatic imine (C=N–C) groups is 1. The van der Waals surface area contributed by atoms with E-state index in [-0.39, 0.29) is 10.8 Å². The van der Waals surface area contributed by atoms with E-state index in [0.717, 1.165) is 58.9 Å². The number of rotatable bonds is 5. The Morgan fingerprint density at radius 1 is 1.00 bits per heavy atom. The molecule has 0 amide bonds. The standard InChI is InChI=1S/C34H43N5/c1-11-20(3)22-16-24-28(18-26(22)35)39(10)31(34(24,7)8)14-13-15-32-36-21(4)23-17-25-29(19-27(23)37-32)38(9)30(12-2)33(25,5)6/h12,14,16-19H,3-4,11,13,15,35H2,1-2,5-10H3,(H,36,37)/b30-12?,31-14-. The topological polar surface area (TPSA) is 56.9 Å². The summed E-state index contributed by atoms with van der Waals surface area (Å²) < 4.78 is 0. The molecular weight excluding hydrogens is 478 g/mol. The van der Waals surface area contributed by atoms with E-state index in [4.69, 9.17) is 10.7 Å². The van der Waals surface area contributed by atoms with Crippen LogP contribution < -0.4 is 20.9 Å². The fraction of sp³-hybridized carbons (Fsp3) is 0.382. The zero-order valence-corrected chi connectivity index (χ0v) is 24.9. The highest BCUT2D eigenvalue weighted by Gasteiger charge is 2.40. The molecule has 0 fully saturated rings. The number of nitrogens with two attached hydrogens (primary N) is 1. The predicted octanol–water partition coefficient (Wildman–Crippen LogP) is 8.02. The molecule has 0 radical (unpaired) electrons. The highest BCUT2D eigenvalue weighted by atomic mass is 15.2. The van der Waals surface area contributed by atoms with Gasteiger partial charge in [-0.25, -0.2) is 4.99 Å². The van der Waals surface area contributed by atoms with Crippen molar-refractivity contribution in [2.75, 3.05) is 29.6 Å². The first kappa shape index (κ1) is 26.9. The summed E-state index contributed by atoms with van der Waals surface area (Å²) in [6, 6.07) is 8.86. The van der Waals surface area contributed by atoms with Gasteiger partial charge in [0.25, 0.3) is 0 Å². The van der Waals surface area contributed by atoms with Crippen LogP contribution in [0.5, 0.6) is 0 Å². The molecule has 0 saturated carbocycles. The van der Waals surface area contributed by atoms with E-state index in [1.165, 1.54) is 33.9 Å². The highest BCUT2D eigenvalue weighted by molar-refractivity contribution is 5.99. The Morgan fingerprint density at radius 2 is 1.62 bits per heavy atom. The molecule has 204 valence electrons. The average molecular weight is 522 g/mol. The summed E-state index contributed by atoms with van der Waals surface area (Å²) in [5, 5.41) is 3.49. The monoisotopic (exact) mass is 521 g/mol. The summed E-state index contributed by atoms with van der Waals surface area (Å²) in [6.45, 7) is 22.0. The fourth-order valence-corrected chi connectivity index (χ4v) is 6.77. The number of nitrogens with zero attached hydrogens (tertiary/aromatic N) is 3. The summed E-state index contributed by atoms with van der Waals surface area (Å²) in [7, 11) is 4.29. The van der Waals surface area contributed by atoms with Crippen LogP contribution in [0.3, 0.4) is 0 Å². The lowest BCUT2D eigenvalue weighted by Crippen LogP contribution is -2.25. The van der Waals surface area contributed by atoms with Gasteiger partial charge in [0.2, 0.25) is 0 Å². The number of anilines is 3. The third kappa shape index (κ3) is 4.02. The van der Waals surface area contributed by atoms with Crippen molar-refractivity contribution in [3.63, 3.8) is 0 Å². The fourth-order valence-electron chi connectivity index (χ4n) is 6.77. The molecule has 3 aliphatic rings. The van der Waals surface area contributed by atoms with Crippen LogP contribution in [0.15, 0.2) is 66.0 Å². The average Bonchev–Trinajstić information content (AvgIpc) is 3.18. The Morgan fingerprint density at radius 3 is 2.28 bits per heavy atom. The zero-order chi connectivity index (χ0) is 28.4. The Balaban J connectivity index is 1.41. The zero-order valence-electron chi connectivity index (χ0n) is 24.9. The molecule has 0 spiro atoms. The van der Waals surface area contributed by atoms with E-state index in [1.54, 1.807) is 0 Å². The van der Waals surface area contributed by atoms with Crippen LogP contribution >= 0.6 is 0 Å². The molecule has 0 unspecified atom stereocenters. The van der Waals surface area contributed by atoms with Crippen molar-refractivity contribution in [2.24, 2.45) is 4.99 Å². The first-order chi connectivity index (χ1) is 18.3. The predicted molar refractivity (Wildman–Crippen MR) is 170 cm³/mol. The molecule has 5 nitrogen and oxygen atoms in total. The summed E-state index contributed by atoms with van der Waals surface area (Å²) in [5.41, 5.74) is 19.8. The molecule has 0 saturated heterocycles. The van der Waals surface area contributed by atoms with Gasteiger partial charge < -0.3 is 20.9 Å². The molecule has 3 heterocycles. The second-order valence-electron chi connectivity index (χ2n) is 12.1. The van der Waals surface area contributed by atoms with Gasteiger partial charge in [0.1, 0.15) is 5.84 Å². The van der Waals surface area contributed by atoms with Crippen molar-refractivity contribution in [1.82, 2.24) is 5.32 Å². The number of nitrogens with one attached hydrogen (secondary N) is 1. The third-order valence-electron chi connectivity index (χ3n) is 9.03. The number of allylic oxidation sites excluding steroid dienone is 5. The van der Waals surface area contributed by atoms with Gasteiger partial charge in [-0.1, -0.05) is 59.9 Å². The van der Waals surface area contributed by atoms with E-state index in [2.05, 4.69) is 120 Å². The molecule has 0 aromatic heterocycles. The summed E-state index contributed by atoms with van der Waals surface area (Å²) >= 11 is 0. The van der Waals surface area contributed by atoms with Crippen molar-refractivity contribution < 1.29 is 0 Å². The smallest absolute Gasteiger partial charge is 0.107 e. The number of fused-ring (bicyclic) bond motifs is 3. The van der Waals surface area contributed by atoms with Crippen molar-refractivity contribution in [1.29, 1.82) is 0 Å². The van der Waals surface area contributed by atoms with Crippen molar-refractivity contribution in [3.05, 3.63) is 83.2 Å². The number of hydrogen-bond donors (Lipinski definition) is 2. The summed E-state index contributed by atoms with van der Waals surface area (Å²) in [4.78, 5) is 9.63. The van der Waals surface area contributed by atoms with Crippen LogP contribution in [0.2, 0.25) is 0 Å². The van der Waals surface area contributed by atoms with Gasteiger partial charge in [-0.2, -0.15) is 0 Å². The minimum absolute atomic E-state index is 0.0444. The van der Waals surface area contributed by atoms with E-state index in [1.807, 2.05) is 0 Å².